The number of carbonyl (C=O) groups excluding carboxylic acids is 3. The van der Waals surface area contributed by atoms with E-state index in [2.05, 4.69) is 5.32 Å². The summed E-state index contributed by atoms with van der Waals surface area (Å²) in [6.45, 7) is 1.36. The third kappa shape index (κ3) is 3.31. The lowest BCUT2D eigenvalue weighted by molar-refractivity contribution is 0.0878. The number of ether oxygens (including phenoxy) is 1. The molecule has 4 rings (SSSR count). The van der Waals surface area contributed by atoms with Gasteiger partial charge in [-0.15, -0.1) is 0 Å². The third-order valence-corrected chi connectivity index (χ3v) is 4.91. The van der Waals surface area contributed by atoms with Crippen molar-refractivity contribution >= 4 is 23.4 Å². The van der Waals surface area contributed by atoms with Gasteiger partial charge in [-0.1, -0.05) is 30.3 Å². The number of nitrogens with zero attached hydrogens (tertiary/aromatic N) is 1. The Bertz CT molecular complexity index is 1310. The number of phenolic OH excluding ortho intramolecular Hbond substituents is 1. The third-order valence-electron chi connectivity index (χ3n) is 4.91. The molecule has 0 saturated heterocycles. The molecule has 9 nitrogen and oxygen atoms in total. The highest BCUT2D eigenvalue weighted by Gasteiger charge is 2.33. The molecule has 0 fully saturated rings. The minimum atomic E-state index is -0.776. The number of nitrogens with one attached hydrogen (secondary N) is 1. The molecule has 0 aliphatic carbocycles. The SMILES string of the molecule is CC(=O)c1ccc(OCc2ccccc2)c(-n2c(N)c3c(cc2=O)C(=O)NC3=O)c1O. The van der Waals surface area contributed by atoms with Crippen LogP contribution in [0.4, 0.5) is 5.82 Å². The number of nitrogen functional groups attached to an aromatic ring is 1. The maximum Gasteiger partial charge on any atom is 0.262 e. The van der Waals surface area contributed by atoms with Gasteiger partial charge in [0, 0.05) is 6.07 Å². The zero-order valence-electron chi connectivity index (χ0n) is 16.3. The Labute approximate surface area is 175 Å². The summed E-state index contributed by atoms with van der Waals surface area (Å²) >= 11 is 0. The molecule has 0 unspecified atom stereocenters. The highest BCUT2D eigenvalue weighted by atomic mass is 16.5. The number of pyridine rings is 1. The number of nitrogens with two attached hydrogens (primary N) is 1. The van der Waals surface area contributed by atoms with Crippen molar-refractivity contribution in [3.8, 4) is 17.2 Å². The number of carbonyl (C=O) groups is 3. The van der Waals surface area contributed by atoms with Crippen LogP contribution in [0.1, 0.15) is 43.6 Å². The van der Waals surface area contributed by atoms with Crippen molar-refractivity contribution in [2.45, 2.75) is 13.5 Å². The summed E-state index contributed by atoms with van der Waals surface area (Å²) in [6, 6.07) is 12.9. The molecule has 2 amide bonds. The Morgan fingerprint density at radius 3 is 2.48 bits per heavy atom. The number of hydrogen-bond donors (Lipinski definition) is 3. The molecule has 2 heterocycles. The van der Waals surface area contributed by atoms with Crippen molar-refractivity contribution in [2.75, 3.05) is 5.73 Å². The number of rotatable bonds is 5. The monoisotopic (exact) mass is 419 g/mol. The number of phenols is 1. The average Bonchev–Trinajstić information content (AvgIpc) is 3.01. The quantitative estimate of drug-likeness (QED) is 0.423. The van der Waals surface area contributed by atoms with Crippen LogP contribution in [0.25, 0.3) is 5.69 Å². The largest absolute Gasteiger partial charge is 0.505 e. The van der Waals surface area contributed by atoms with Crippen LogP contribution >= 0.6 is 0 Å². The number of imide groups is 1. The fourth-order valence-electron chi connectivity index (χ4n) is 3.42. The van der Waals surface area contributed by atoms with Gasteiger partial charge in [-0.05, 0) is 24.6 Å². The molecule has 9 heteroatoms. The number of fused-ring (bicyclic) bond motifs is 1. The second-order valence-corrected chi connectivity index (χ2v) is 6.91. The minimum absolute atomic E-state index is 0.0600. The van der Waals surface area contributed by atoms with E-state index in [1.54, 1.807) is 0 Å². The number of hydrogen-bond acceptors (Lipinski definition) is 7. The normalized spacial score (nSPS) is 12.4. The molecular formula is C22H17N3O6. The van der Waals surface area contributed by atoms with Crippen LogP contribution in [0.3, 0.4) is 0 Å². The molecule has 0 spiro atoms. The van der Waals surface area contributed by atoms with E-state index in [1.807, 2.05) is 30.3 Å². The second-order valence-electron chi connectivity index (χ2n) is 6.91. The van der Waals surface area contributed by atoms with E-state index in [4.69, 9.17) is 10.5 Å². The van der Waals surface area contributed by atoms with Gasteiger partial charge in [-0.3, -0.25) is 29.1 Å². The maximum atomic E-state index is 12.9. The van der Waals surface area contributed by atoms with Gasteiger partial charge in [0.15, 0.2) is 11.5 Å². The van der Waals surface area contributed by atoms with Gasteiger partial charge in [-0.25, -0.2) is 0 Å². The number of aromatic hydroxyl groups is 1. The molecule has 2 aromatic carbocycles. The zero-order valence-corrected chi connectivity index (χ0v) is 16.3. The van der Waals surface area contributed by atoms with Gasteiger partial charge in [0.05, 0.1) is 16.7 Å². The molecule has 0 radical (unpaired) electrons. The molecule has 1 aliphatic rings. The van der Waals surface area contributed by atoms with Crippen LogP contribution in [-0.2, 0) is 6.61 Å². The highest BCUT2D eigenvalue weighted by molar-refractivity contribution is 6.23. The van der Waals surface area contributed by atoms with E-state index >= 15 is 0 Å². The van der Waals surface area contributed by atoms with Crippen LogP contribution in [0, 0.1) is 0 Å². The number of anilines is 1. The summed E-state index contributed by atoms with van der Waals surface area (Å²) in [5.41, 5.74) is 5.54. The fraction of sp³-hybridized carbons (Fsp3) is 0.0909. The number of ketones is 1. The first-order chi connectivity index (χ1) is 14.8. The summed E-state index contributed by atoms with van der Waals surface area (Å²) in [6.07, 6.45) is 0. The molecular weight excluding hydrogens is 402 g/mol. The Morgan fingerprint density at radius 1 is 1.10 bits per heavy atom. The fourth-order valence-corrected chi connectivity index (χ4v) is 3.42. The molecule has 31 heavy (non-hydrogen) atoms. The van der Waals surface area contributed by atoms with E-state index in [-0.39, 0.29) is 40.6 Å². The van der Waals surface area contributed by atoms with Crippen LogP contribution in [0.5, 0.6) is 11.5 Å². The molecule has 1 aliphatic heterocycles. The van der Waals surface area contributed by atoms with Crippen molar-refractivity contribution in [3.63, 3.8) is 0 Å². The molecule has 0 atom stereocenters. The van der Waals surface area contributed by atoms with Crippen molar-refractivity contribution in [3.05, 3.63) is 81.1 Å². The van der Waals surface area contributed by atoms with Gasteiger partial charge in [0.2, 0.25) is 0 Å². The summed E-state index contributed by atoms with van der Waals surface area (Å²) in [4.78, 5) is 48.9. The van der Waals surface area contributed by atoms with Crippen LogP contribution in [-0.4, -0.2) is 27.3 Å². The van der Waals surface area contributed by atoms with Crippen molar-refractivity contribution in [1.82, 2.24) is 9.88 Å². The van der Waals surface area contributed by atoms with Gasteiger partial charge in [-0.2, -0.15) is 0 Å². The van der Waals surface area contributed by atoms with Crippen molar-refractivity contribution in [1.29, 1.82) is 0 Å². The van der Waals surface area contributed by atoms with E-state index in [0.29, 0.717) is 0 Å². The highest BCUT2D eigenvalue weighted by Crippen LogP contribution is 2.37. The van der Waals surface area contributed by atoms with Gasteiger partial charge in [0.1, 0.15) is 23.9 Å². The lowest BCUT2D eigenvalue weighted by atomic mass is 10.1. The number of Topliss-reactive ketones (excluding diaryl/α,β-unsaturated/α-hetero) is 1. The minimum Gasteiger partial charge on any atom is -0.505 e. The molecule has 156 valence electrons. The van der Waals surface area contributed by atoms with Crippen molar-refractivity contribution < 1.29 is 24.2 Å². The Morgan fingerprint density at radius 2 is 1.81 bits per heavy atom. The average molecular weight is 419 g/mol. The maximum absolute atomic E-state index is 12.9. The zero-order chi connectivity index (χ0) is 22.3. The second kappa shape index (κ2) is 7.45. The lowest BCUT2D eigenvalue weighted by Crippen LogP contribution is -2.25. The first-order valence-electron chi connectivity index (χ1n) is 9.24. The van der Waals surface area contributed by atoms with E-state index in [0.717, 1.165) is 16.2 Å². The molecule has 4 N–H and O–H groups in total. The standard InChI is InChI=1S/C22H17N3O6/c1-11(26)13-7-8-15(31-10-12-5-3-2-4-6-12)18(19(13)28)25-16(27)9-14-17(20(25)23)22(30)24-21(14)29/h2-9,28H,10,23H2,1H3,(H,24,29,30). The van der Waals surface area contributed by atoms with Crippen molar-refractivity contribution in [2.24, 2.45) is 0 Å². The predicted octanol–water partition coefficient (Wildman–Crippen LogP) is 1.79. The summed E-state index contributed by atoms with van der Waals surface area (Å²) in [5.74, 6) is -2.78. The van der Waals surface area contributed by atoms with Crippen LogP contribution in [0.2, 0.25) is 0 Å². The smallest absolute Gasteiger partial charge is 0.262 e. The lowest BCUT2D eigenvalue weighted by Gasteiger charge is -2.19. The van der Waals surface area contributed by atoms with E-state index in [9.17, 15) is 24.3 Å². The summed E-state index contributed by atoms with van der Waals surface area (Å²) in [5, 5.41) is 12.9. The Kier molecular flexibility index (Phi) is 4.78. The first kappa shape index (κ1) is 19.9. The topological polar surface area (TPSA) is 141 Å². The van der Waals surface area contributed by atoms with Crippen LogP contribution < -0.4 is 21.3 Å². The summed E-state index contributed by atoms with van der Waals surface area (Å²) in [7, 11) is 0. The molecule has 1 aromatic heterocycles. The first-order valence-corrected chi connectivity index (χ1v) is 9.24. The Hall–Kier alpha value is -4.40. The van der Waals surface area contributed by atoms with Crippen LogP contribution in [0.15, 0.2) is 53.3 Å². The number of amides is 2. The number of aromatic nitrogens is 1. The molecule has 0 saturated carbocycles. The van der Waals surface area contributed by atoms with Gasteiger partial charge >= 0.3 is 0 Å². The molecule has 0 bridgehead atoms. The summed E-state index contributed by atoms with van der Waals surface area (Å²) < 4.78 is 6.68. The van der Waals surface area contributed by atoms with Gasteiger partial charge in [0.25, 0.3) is 17.4 Å². The molecule has 3 aromatic rings. The predicted molar refractivity (Wildman–Crippen MR) is 111 cm³/mol. The van der Waals surface area contributed by atoms with Gasteiger partial charge < -0.3 is 15.6 Å². The van der Waals surface area contributed by atoms with E-state index < -0.39 is 28.9 Å². The number of benzene rings is 2. The Balaban J connectivity index is 1.93. The van der Waals surface area contributed by atoms with E-state index in [1.165, 1.54) is 19.1 Å².